The molecular weight excluding hydrogens is 488 g/mol. The Morgan fingerprint density at radius 2 is 1.82 bits per heavy atom. The molecule has 2 heterocycles. The minimum Gasteiger partial charge on any atom is -0.454 e. The molecule has 0 unspecified atom stereocenters. The van der Waals surface area contributed by atoms with Crippen LogP contribution >= 0.6 is 0 Å². The molecule has 38 heavy (non-hydrogen) atoms. The molecule has 0 radical (unpaired) electrons. The fourth-order valence-corrected chi connectivity index (χ4v) is 4.46. The number of esters is 1. The molecule has 1 aromatic heterocycles. The number of aromatic nitrogens is 3. The van der Waals surface area contributed by atoms with Crippen LogP contribution in [0.3, 0.4) is 0 Å². The lowest BCUT2D eigenvalue weighted by Gasteiger charge is -2.32. The van der Waals surface area contributed by atoms with Crippen molar-refractivity contribution < 1.29 is 23.9 Å². The van der Waals surface area contributed by atoms with Gasteiger partial charge >= 0.3 is 5.97 Å². The third-order valence-corrected chi connectivity index (χ3v) is 6.60. The van der Waals surface area contributed by atoms with E-state index in [1.54, 1.807) is 38.6 Å². The smallest absolute Gasteiger partial charge is 0.326 e. The van der Waals surface area contributed by atoms with Crippen LogP contribution in [0.1, 0.15) is 51.5 Å². The van der Waals surface area contributed by atoms with Gasteiger partial charge in [-0.15, -0.1) is 5.10 Å². The predicted molar refractivity (Wildman–Crippen MR) is 139 cm³/mol. The van der Waals surface area contributed by atoms with Crippen molar-refractivity contribution in [2.45, 2.75) is 58.8 Å². The van der Waals surface area contributed by atoms with Gasteiger partial charge in [0.15, 0.2) is 6.10 Å². The lowest BCUT2D eigenvalue weighted by atomic mass is 9.92. The second-order valence-electron chi connectivity index (χ2n) is 10.0. The van der Waals surface area contributed by atoms with Gasteiger partial charge in [0.05, 0.1) is 12.7 Å². The average molecular weight is 525 g/mol. The van der Waals surface area contributed by atoms with Crippen molar-refractivity contribution in [3.05, 3.63) is 59.9 Å². The second kappa shape index (κ2) is 12.5. The average Bonchev–Trinajstić information content (AvgIpc) is 3.32. The lowest BCUT2D eigenvalue weighted by molar-refractivity contribution is -0.152. The molecule has 2 aromatic rings. The summed E-state index contributed by atoms with van der Waals surface area (Å²) < 4.78 is 7.40. The number of likely N-dealkylation sites (N-methyl/N-ethyl adjacent to an activating group) is 1. The van der Waals surface area contributed by atoms with Crippen LogP contribution in [0.25, 0.3) is 0 Å². The Hall–Kier alpha value is -4.02. The third kappa shape index (κ3) is 7.05. The van der Waals surface area contributed by atoms with Crippen LogP contribution < -0.4 is 10.6 Å². The molecule has 0 bridgehead atoms. The van der Waals surface area contributed by atoms with Crippen molar-refractivity contribution in [2.24, 2.45) is 11.8 Å². The van der Waals surface area contributed by atoms with Gasteiger partial charge in [-0.25, -0.2) is 4.68 Å². The first-order chi connectivity index (χ1) is 18.0. The zero-order chi connectivity index (χ0) is 28.0. The number of rotatable bonds is 4. The second-order valence-corrected chi connectivity index (χ2v) is 10.0. The monoisotopic (exact) mass is 524 g/mol. The van der Waals surface area contributed by atoms with E-state index in [-0.39, 0.29) is 12.3 Å². The van der Waals surface area contributed by atoms with Crippen molar-refractivity contribution in [3.63, 3.8) is 0 Å². The molecule has 4 atom stereocenters. The van der Waals surface area contributed by atoms with Gasteiger partial charge in [-0.2, -0.15) is 0 Å². The number of ether oxygens (including phenoxy) is 1. The van der Waals surface area contributed by atoms with Crippen molar-refractivity contribution >= 4 is 23.7 Å². The van der Waals surface area contributed by atoms with Crippen molar-refractivity contribution in [2.75, 3.05) is 13.6 Å². The van der Waals surface area contributed by atoms with Gasteiger partial charge in [0.25, 0.3) is 0 Å². The molecule has 0 spiro atoms. The molecule has 1 aromatic carbocycles. The summed E-state index contributed by atoms with van der Waals surface area (Å²) in [7, 11) is 1.50. The Morgan fingerprint density at radius 1 is 1.13 bits per heavy atom. The molecule has 204 valence electrons. The van der Waals surface area contributed by atoms with Gasteiger partial charge in [-0.3, -0.25) is 19.2 Å². The number of carbonyl (C=O) groups is 4. The number of hydrogen-bond acceptors (Lipinski definition) is 7. The number of benzene rings is 1. The highest BCUT2D eigenvalue weighted by Crippen LogP contribution is 2.31. The van der Waals surface area contributed by atoms with E-state index in [0.717, 1.165) is 5.56 Å². The number of nitrogens with one attached hydrogen (secondary N) is 2. The number of carbonyl (C=O) groups excluding carboxylic acids is 4. The first kappa shape index (κ1) is 28.5. The van der Waals surface area contributed by atoms with E-state index in [0.29, 0.717) is 17.8 Å². The number of cyclic esters (lactones) is 1. The summed E-state index contributed by atoms with van der Waals surface area (Å²) in [5.41, 5.74) is 1.90. The molecule has 11 heteroatoms. The van der Waals surface area contributed by atoms with Gasteiger partial charge < -0.3 is 20.3 Å². The SMILES string of the molecule is C=C1CC(=O)N[C@@H](C)C(=O)N(C)[C@@H](C(C)C)C(=O)NCC(=O)O[C@@H](c2cn(Cc3ccccc3)nn2)[C@@H]1C. The molecule has 11 nitrogen and oxygen atoms in total. The Morgan fingerprint density at radius 3 is 2.47 bits per heavy atom. The van der Waals surface area contributed by atoms with Crippen LogP contribution in [0.4, 0.5) is 0 Å². The van der Waals surface area contributed by atoms with Crippen LogP contribution in [0.2, 0.25) is 0 Å². The molecule has 1 aliphatic rings. The van der Waals surface area contributed by atoms with E-state index in [4.69, 9.17) is 4.74 Å². The minimum atomic E-state index is -0.892. The maximum Gasteiger partial charge on any atom is 0.326 e. The van der Waals surface area contributed by atoms with Crippen LogP contribution in [0, 0.1) is 11.8 Å². The number of nitrogens with zero attached hydrogens (tertiary/aromatic N) is 4. The highest BCUT2D eigenvalue weighted by atomic mass is 16.5. The molecule has 0 aliphatic carbocycles. The van der Waals surface area contributed by atoms with Crippen LogP contribution in [-0.2, 0) is 30.5 Å². The fraction of sp³-hybridized carbons (Fsp3) is 0.481. The summed E-state index contributed by atoms with van der Waals surface area (Å²) in [5, 5.41) is 13.7. The van der Waals surface area contributed by atoms with E-state index in [9.17, 15) is 19.2 Å². The summed E-state index contributed by atoms with van der Waals surface area (Å²) in [4.78, 5) is 52.9. The molecule has 1 saturated heterocycles. The Balaban J connectivity index is 1.89. The summed E-state index contributed by atoms with van der Waals surface area (Å²) in [6.07, 6.45) is 0.711. The summed E-state index contributed by atoms with van der Waals surface area (Å²) in [5.74, 6) is -2.77. The topological polar surface area (TPSA) is 136 Å². The Kier molecular flexibility index (Phi) is 9.38. The van der Waals surface area contributed by atoms with E-state index >= 15 is 0 Å². The maximum atomic E-state index is 13.0. The van der Waals surface area contributed by atoms with Crippen molar-refractivity contribution in [1.82, 2.24) is 30.5 Å². The van der Waals surface area contributed by atoms with Gasteiger partial charge in [-0.05, 0) is 18.4 Å². The van der Waals surface area contributed by atoms with Gasteiger partial charge in [0, 0.05) is 19.4 Å². The Bertz CT molecular complexity index is 1180. The summed E-state index contributed by atoms with van der Waals surface area (Å²) >= 11 is 0. The molecule has 1 fully saturated rings. The van der Waals surface area contributed by atoms with Gasteiger partial charge in [0.2, 0.25) is 17.7 Å². The zero-order valence-electron chi connectivity index (χ0n) is 22.5. The van der Waals surface area contributed by atoms with Crippen molar-refractivity contribution in [1.29, 1.82) is 0 Å². The first-order valence-corrected chi connectivity index (χ1v) is 12.6. The highest BCUT2D eigenvalue weighted by molar-refractivity contribution is 5.93. The largest absolute Gasteiger partial charge is 0.454 e. The maximum absolute atomic E-state index is 13.0. The normalized spacial score (nSPS) is 24.4. The highest BCUT2D eigenvalue weighted by Gasteiger charge is 2.34. The molecule has 0 saturated carbocycles. The Labute approximate surface area is 222 Å². The van der Waals surface area contributed by atoms with E-state index in [1.807, 2.05) is 30.3 Å². The standard InChI is InChI=1S/C27H36N6O5/c1-16(2)24-26(36)28-13-23(35)38-25(21-15-33(31-30-21)14-20-10-8-7-9-11-20)18(4)17(3)12-22(34)29-19(5)27(37)32(24)6/h7-11,15-16,18-19,24-25H,3,12-14H2,1-2,4-6H3,(H,28,36)(H,29,34)/t18-,19+,24+,25-/m1/s1. The van der Waals surface area contributed by atoms with Gasteiger partial charge in [0.1, 0.15) is 24.3 Å². The van der Waals surface area contributed by atoms with E-state index in [1.165, 1.54) is 11.9 Å². The third-order valence-electron chi connectivity index (χ3n) is 6.60. The van der Waals surface area contributed by atoms with Crippen molar-refractivity contribution in [3.8, 4) is 0 Å². The van der Waals surface area contributed by atoms with Crippen LogP contribution in [0.5, 0.6) is 0 Å². The minimum absolute atomic E-state index is 0.0838. The molecule has 3 amide bonds. The molecule has 3 rings (SSSR count). The molecular formula is C27H36N6O5. The van der Waals surface area contributed by atoms with Crippen LogP contribution in [-0.4, -0.2) is 69.3 Å². The van der Waals surface area contributed by atoms with E-state index in [2.05, 4.69) is 27.5 Å². The number of amides is 3. The lowest BCUT2D eigenvalue weighted by Crippen LogP contribution is -2.55. The fourth-order valence-electron chi connectivity index (χ4n) is 4.46. The van der Waals surface area contributed by atoms with Gasteiger partial charge in [-0.1, -0.05) is 68.5 Å². The van der Waals surface area contributed by atoms with Crippen LogP contribution in [0.15, 0.2) is 48.7 Å². The summed E-state index contributed by atoms with van der Waals surface area (Å²) in [6.45, 7) is 11.0. The quantitative estimate of drug-likeness (QED) is 0.458. The van der Waals surface area contributed by atoms with E-state index < -0.39 is 54.3 Å². The predicted octanol–water partition coefficient (Wildman–Crippen LogP) is 1.61. The summed E-state index contributed by atoms with van der Waals surface area (Å²) in [6, 6.07) is 8.00. The molecule has 2 N–H and O–H groups in total. The zero-order valence-corrected chi connectivity index (χ0v) is 22.5. The number of hydrogen-bond donors (Lipinski definition) is 2. The molecule has 1 aliphatic heterocycles. The first-order valence-electron chi connectivity index (χ1n) is 12.6.